The quantitative estimate of drug-likeness (QED) is 0.817. The summed E-state index contributed by atoms with van der Waals surface area (Å²) in [4.78, 5) is 25.3. The Kier molecular flexibility index (Phi) is 3.48. The van der Waals surface area contributed by atoms with Crippen LogP contribution in [0.3, 0.4) is 0 Å². The predicted molar refractivity (Wildman–Crippen MR) is 71.0 cm³/mol. The standard InChI is InChI=1S/C14H18N2O2/c1-4-15-9(2)14(18)10-5-6-12-11(7-10)8-13(17)16(12)3/h5-7,9,15H,4,8H2,1-3H3. The highest BCUT2D eigenvalue weighted by Crippen LogP contribution is 2.28. The molecule has 0 bridgehead atoms. The van der Waals surface area contributed by atoms with E-state index in [1.165, 1.54) is 0 Å². The van der Waals surface area contributed by atoms with Crippen LogP contribution in [0.15, 0.2) is 18.2 Å². The van der Waals surface area contributed by atoms with Gasteiger partial charge in [-0.2, -0.15) is 0 Å². The van der Waals surface area contributed by atoms with Crippen LogP contribution in [0.1, 0.15) is 29.8 Å². The van der Waals surface area contributed by atoms with E-state index in [9.17, 15) is 9.59 Å². The average molecular weight is 246 g/mol. The normalized spacial score (nSPS) is 15.7. The molecule has 1 amide bonds. The molecule has 0 saturated carbocycles. The summed E-state index contributed by atoms with van der Waals surface area (Å²) in [6.07, 6.45) is 0.391. The summed E-state index contributed by atoms with van der Waals surface area (Å²) >= 11 is 0. The van der Waals surface area contributed by atoms with Gasteiger partial charge in [0.1, 0.15) is 0 Å². The van der Waals surface area contributed by atoms with Crippen molar-refractivity contribution in [2.75, 3.05) is 18.5 Å². The van der Waals surface area contributed by atoms with Crippen LogP contribution in [0.2, 0.25) is 0 Å². The maximum Gasteiger partial charge on any atom is 0.231 e. The number of nitrogens with one attached hydrogen (secondary N) is 1. The van der Waals surface area contributed by atoms with E-state index >= 15 is 0 Å². The number of hydrogen-bond acceptors (Lipinski definition) is 3. The minimum Gasteiger partial charge on any atom is -0.315 e. The van der Waals surface area contributed by atoms with Crippen molar-refractivity contribution >= 4 is 17.4 Å². The molecule has 0 radical (unpaired) electrons. The maximum absolute atomic E-state index is 12.1. The molecule has 1 aliphatic rings. The SMILES string of the molecule is CCNC(C)C(=O)c1ccc2c(c1)CC(=O)N2C. The fraction of sp³-hybridized carbons (Fsp3) is 0.429. The minimum absolute atomic E-state index is 0.0710. The van der Waals surface area contributed by atoms with E-state index in [0.29, 0.717) is 12.0 Å². The van der Waals surface area contributed by atoms with Crippen LogP contribution in [0, 0.1) is 0 Å². The fourth-order valence-corrected chi connectivity index (χ4v) is 2.27. The van der Waals surface area contributed by atoms with Crippen LogP contribution in [0.5, 0.6) is 0 Å². The van der Waals surface area contributed by atoms with E-state index < -0.39 is 0 Å². The van der Waals surface area contributed by atoms with Crippen LogP contribution >= 0.6 is 0 Å². The highest BCUT2D eigenvalue weighted by atomic mass is 16.2. The number of anilines is 1. The number of amides is 1. The van der Waals surface area contributed by atoms with Gasteiger partial charge in [-0.05, 0) is 37.2 Å². The molecule has 1 heterocycles. The van der Waals surface area contributed by atoms with E-state index in [1.807, 2.05) is 26.0 Å². The van der Waals surface area contributed by atoms with Gasteiger partial charge in [0.15, 0.2) is 5.78 Å². The Labute approximate surface area is 107 Å². The lowest BCUT2D eigenvalue weighted by atomic mass is 10.0. The molecule has 0 fully saturated rings. The number of ketones is 1. The van der Waals surface area contributed by atoms with Crippen molar-refractivity contribution in [2.24, 2.45) is 0 Å². The minimum atomic E-state index is -0.192. The van der Waals surface area contributed by atoms with E-state index in [4.69, 9.17) is 0 Å². The first-order valence-electron chi connectivity index (χ1n) is 6.21. The molecule has 1 atom stereocenters. The number of nitrogens with zero attached hydrogens (tertiary/aromatic N) is 1. The van der Waals surface area contributed by atoms with Gasteiger partial charge in [0.2, 0.25) is 5.91 Å². The molecule has 0 saturated heterocycles. The van der Waals surface area contributed by atoms with Crippen LogP contribution in [-0.2, 0) is 11.2 Å². The lowest BCUT2D eigenvalue weighted by molar-refractivity contribution is -0.117. The summed E-state index contributed by atoms with van der Waals surface area (Å²) in [6, 6.07) is 5.30. The smallest absolute Gasteiger partial charge is 0.231 e. The molecule has 0 aliphatic carbocycles. The summed E-state index contributed by atoms with van der Waals surface area (Å²) in [6.45, 7) is 4.59. The van der Waals surface area contributed by atoms with Gasteiger partial charge in [0.05, 0.1) is 12.5 Å². The maximum atomic E-state index is 12.1. The second kappa shape index (κ2) is 4.90. The molecule has 1 unspecified atom stereocenters. The zero-order valence-corrected chi connectivity index (χ0v) is 11.0. The summed E-state index contributed by atoms with van der Waals surface area (Å²) in [5.74, 6) is 0.149. The van der Waals surface area contributed by atoms with Crippen molar-refractivity contribution in [3.8, 4) is 0 Å². The van der Waals surface area contributed by atoms with E-state index in [-0.39, 0.29) is 17.7 Å². The van der Waals surface area contributed by atoms with Gasteiger partial charge in [-0.25, -0.2) is 0 Å². The molecule has 0 aromatic heterocycles. The van der Waals surface area contributed by atoms with Crippen molar-refractivity contribution in [2.45, 2.75) is 26.3 Å². The number of fused-ring (bicyclic) bond motifs is 1. The summed E-state index contributed by atoms with van der Waals surface area (Å²) in [7, 11) is 1.76. The summed E-state index contributed by atoms with van der Waals surface area (Å²) in [5, 5.41) is 3.10. The first-order valence-corrected chi connectivity index (χ1v) is 6.21. The molecule has 18 heavy (non-hydrogen) atoms. The van der Waals surface area contributed by atoms with Crippen LogP contribution < -0.4 is 10.2 Å². The molecule has 0 spiro atoms. The zero-order valence-electron chi connectivity index (χ0n) is 11.0. The third-order valence-electron chi connectivity index (χ3n) is 3.34. The molecule has 96 valence electrons. The molecular weight excluding hydrogens is 228 g/mol. The van der Waals surface area contributed by atoms with E-state index in [1.54, 1.807) is 18.0 Å². The van der Waals surface area contributed by atoms with Gasteiger partial charge in [-0.3, -0.25) is 9.59 Å². The molecule has 1 N–H and O–H groups in total. The van der Waals surface area contributed by atoms with Crippen LogP contribution in [-0.4, -0.2) is 31.3 Å². The van der Waals surface area contributed by atoms with E-state index in [2.05, 4.69) is 5.32 Å². The number of carbonyl (C=O) groups is 2. The zero-order chi connectivity index (χ0) is 13.3. The monoisotopic (exact) mass is 246 g/mol. The average Bonchev–Trinajstić information content (AvgIpc) is 2.64. The second-order valence-corrected chi connectivity index (χ2v) is 4.62. The molecular formula is C14H18N2O2. The highest BCUT2D eigenvalue weighted by molar-refractivity contribution is 6.04. The number of hydrogen-bond donors (Lipinski definition) is 1. The van der Waals surface area contributed by atoms with Crippen molar-refractivity contribution in [3.63, 3.8) is 0 Å². The predicted octanol–water partition coefficient (Wildman–Crippen LogP) is 1.39. The summed E-state index contributed by atoms with van der Waals surface area (Å²) in [5.41, 5.74) is 2.52. The molecule has 2 rings (SSSR count). The first-order chi connectivity index (χ1) is 8.54. The molecule has 4 nitrogen and oxygen atoms in total. The fourth-order valence-electron chi connectivity index (χ4n) is 2.27. The molecule has 1 aromatic rings. The third-order valence-corrected chi connectivity index (χ3v) is 3.34. The largest absolute Gasteiger partial charge is 0.315 e. The summed E-state index contributed by atoms with van der Waals surface area (Å²) < 4.78 is 0. The number of carbonyl (C=O) groups excluding carboxylic acids is 2. The molecule has 1 aromatic carbocycles. The Bertz CT molecular complexity index is 497. The van der Waals surface area contributed by atoms with Gasteiger partial charge in [0, 0.05) is 18.3 Å². The van der Waals surface area contributed by atoms with Gasteiger partial charge in [-0.1, -0.05) is 6.92 Å². The number of rotatable bonds is 4. The van der Waals surface area contributed by atoms with E-state index in [0.717, 1.165) is 17.8 Å². The Balaban J connectivity index is 2.26. The van der Waals surface area contributed by atoms with Gasteiger partial charge < -0.3 is 10.2 Å². The van der Waals surface area contributed by atoms with Gasteiger partial charge in [-0.15, -0.1) is 0 Å². The Morgan fingerprint density at radius 1 is 1.50 bits per heavy atom. The van der Waals surface area contributed by atoms with Crippen molar-refractivity contribution in [1.29, 1.82) is 0 Å². The lowest BCUT2D eigenvalue weighted by Crippen LogP contribution is -2.33. The van der Waals surface area contributed by atoms with Crippen LogP contribution in [0.25, 0.3) is 0 Å². The Morgan fingerprint density at radius 2 is 2.22 bits per heavy atom. The number of benzene rings is 1. The van der Waals surface area contributed by atoms with Gasteiger partial charge in [0.25, 0.3) is 0 Å². The first kappa shape index (κ1) is 12.8. The lowest BCUT2D eigenvalue weighted by Gasteiger charge is -2.13. The number of Topliss-reactive ketones (excluding diaryl/α,β-unsaturated/α-hetero) is 1. The molecule has 4 heteroatoms. The Hall–Kier alpha value is -1.68. The van der Waals surface area contributed by atoms with Crippen molar-refractivity contribution in [3.05, 3.63) is 29.3 Å². The second-order valence-electron chi connectivity index (χ2n) is 4.62. The Morgan fingerprint density at radius 3 is 2.89 bits per heavy atom. The molecule has 1 aliphatic heterocycles. The van der Waals surface area contributed by atoms with Gasteiger partial charge >= 0.3 is 0 Å². The van der Waals surface area contributed by atoms with Crippen molar-refractivity contribution in [1.82, 2.24) is 5.32 Å². The highest BCUT2D eigenvalue weighted by Gasteiger charge is 2.25. The topological polar surface area (TPSA) is 49.4 Å². The van der Waals surface area contributed by atoms with Crippen molar-refractivity contribution < 1.29 is 9.59 Å². The number of likely N-dealkylation sites (N-methyl/N-ethyl adjacent to an activating group) is 2. The van der Waals surface area contributed by atoms with Crippen LogP contribution in [0.4, 0.5) is 5.69 Å². The third kappa shape index (κ3) is 2.16.